The predicted molar refractivity (Wildman–Crippen MR) is 69.1 cm³/mol. The van der Waals surface area contributed by atoms with Gasteiger partial charge in [-0.3, -0.25) is 9.59 Å². The Morgan fingerprint density at radius 3 is 2.50 bits per heavy atom. The molecule has 3 atom stereocenters. The number of carbonyl (C=O) groups is 2. The molecule has 0 saturated carbocycles. The molecule has 2 amide bonds. The van der Waals surface area contributed by atoms with Crippen LogP contribution in [0.15, 0.2) is 0 Å². The lowest BCUT2D eigenvalue weighted by Gasteiger charge is -2.39. The van der Waals surface area contributed by atoms with Crippen LogP contribution in [0.25, 0.3) is 0 Å². The number of carbonyl (C=O) groups excluding carboxylic acids is 2. The summed E-state index contributed by atoms with van der Waals surface area (Å²) in [5.41, 5.74) is 0. The predicted octanol–water partition coefficient (Wildman–Crippen LogP) is 0.784. The summed E-state index contributed by atoms with van der Waals surface area (Å²) in [4.78, 5) is 26.0. The second kappa shape index (κ2) is 6.73. The maximum Gasteiger partial charge on any atom is 0.245 e. The highest BCUT2D eigenvalue weighted by molar-refractivity contribution is 5.96. The normalized spacial score (nSPS) is 26.1. The fourth-order valence-corrected chi connectivity index (χ4v) is 2.40. The number of methoxy groups -OCH3 is 1. The van der Waals surface area contributed by atoms with Gasteiger partial charge in [-0.25, -0.2) is 0 Å². The summed E-state index contributed by atoms with van der Waals surface area (Å²) in [7, 11) is 1.65. The summed E-state index contributed by atoms with van der Waals surface area (Å²) >= 11 is 0. The first-order valence-electron chi connectivity index (χ1n) is 6.64. The molecule has 1 rings (SSSR count). The molecular weight excluding hydrogens is 232 g/mol. The van der Waals surface area contributed by atoms with Crippen molar-refractivity contribution in [3.63, 3.8) is 0 Å². The minimum absolute atomic E-state index is 0.0337. The van der Waals surface area contributed by atoms with Gasteiger partial charge >= 0.3 is 0 Å². The third kappa shape index (κ3) is 3.22. The Morgan fingerprint density at radius 1 is 1.33 bits per heavy atom. The van der Waals surface area contributed by atoms with Crippen LogP contribution in [-0.2, 0) is 14.3 Å². The number of hydrogen-bond donors (Lipinski definition) is 1. The lowest BCUT2D eigenvalue weighted by Crippen LogP contribution is -2.63. The van der Waals surface area contributed by atoms with E-state index in [0.717, 1.165) is 0 Å². The Balaban J connectivity index is 2.79. The van der Waals surface area contributed by atoms with E-state index in [9.17, 15) is 9.59 Å². The minimum atomic E-state index is -0.366. The van der Waals surface area contributed by atoms with E-state index >= 15 is 0 Å². The highest BCUT2D eigenvalue weighted by atomic mass is 16.5. The number of nitrogens with zero attached hydrogens (tertiary/aromatic N) is 1. The smallest absolute Gasteiger partial charge is 0.245 e. The zero-order valence-electron chi connectivity index (χ0n) is 11.7. The van der Waals surface area contributed by atoms with Gasteiger partial charge < -0.3 is 15.0 Å². The van der Waals surface area contributed by atoms with Crippen LogP contribution in [0, 0.1) is 5.92 Å². The zero-order chi connectivity index (χ0) is 13.7. The second-order valence-corrected chi connectivity index (χ2v) is 4.94. The summed E-state index contributed by atoms with van der Waals surface area (Å²) in [5, 5.41) is 2.79. The number of rotatable bonds is 6. The molecule has 1 aliphatic heterocycles. The lowest BCUT2D eigenvalue weighted by atomic mass is 10.0. The number of piperazine rings is 1. The fraction of sp³-hybridized carbons (Fsp3) is 0.846. The van der Waals surface area contributed by atoms with E-state index in [1.165, 1.54) is 0 Å². The molecule has 1 saturated heterocycles. The van der Waals surface area contributed by atoms with Crippen LogP contribution in [0.2, 0.25) is 0 Å². The molecule has 1 N–H and O–H groups in total. The standard InChI is InChI=1S/C13H24N2O3/c1-5-10-13(17)15(7-9(3)8-18-4)11(6-2)12(16)14-10/h9-11H,5-8H2,1-4H3,(H,14,16). The first kappa shape index (κ1) is 15.0. The summed E-state index contributed by atoms with van der Waals surface area (Å²) in [6.07, 6.45) is 1.28. The van der Waals surface area contributed by atoms with E-state index in [1.807, 2.05) is 20.8 Å². The van der Waals surface area contributed by atoms with Crippen LogP contribution in [-0.4, -0.2) is 49.1 Å². The summed E-state index contributed by atoms with van der Waals surface area (Å²) in [6.45, 7) is 7.04. The van der Waals surface area contributed by atoms with Gasteiger partial charge in [0.25, 0.3) is 0 Å². The average Bonchev–Trinajstić information content (AvgIpc) is 2.34. The van der Waals surface area contributed by atoms with Crippen molar-refractivity contribution in [3.05, 3.63) is 0 Å². The van der Waals surface area contributed by atoms with Gasteiger partial charge in [-0.1, -0.05) is 20.8 Å². The van der Waals surface area contributed by atoms with Crippen molar-refractivity contribution in [1.29, 1.82) is 0 Å². The highest BCUT2D eigenvalue weighted by Gasteiger charge is 2.38. The molecule has 0 aliphatic carbocycles. The molecule has 5 heteroatoms. The number of hydrogen-bond acceptors (Lipinski definition) is 3. The summed E-state index contributed by atoms with van der Waals surface area (Å²) < 4.78 is 5.09. The van der Waals surface area contributed by atoms with Gasteiger partial charge in [0, 0.05) is 13.7 Å². The third-order valence-corrected chi connectivity index (χ3v) is 3.33. The van der Waals surface area contributed by atoms with Crippen LogP contribution >= 0.6 is 0 Å². The van der Waals surface area contributed by atoms with Gasteiger partial charge in [0.15, 0.2) is 0 Å². The molecule has 0 spiro atoms. The average molecular weight is 256 g/mol. The maximum absolute atomic E-state index is 12.3. The molecule has 0 aromatic carbocycles. The number of ether oxygens (including phenoxy) is 1. The van der Waals surface area contributed by atoms with E-state index in [4.69, 9.17) is 4.74 Å². The van der Waals surface area contributed by atoms with Crippen molar-refractivity contribution in [2.45, 2.75) is 45.7 Å². The summed E-state index contributed by atoms with van der Waals surface area (Å²) in [6, 6.07) is -0.699. The summed E-state index contributed by atoms with van der Waals surface area (Å²) in [5.74, 6) is 0.233. The van der Waals surface area contributed by atoms with Crippen LogP contribution in [0.5, 0.6) is 0 Å². The topological polar surface area (TPSA) is 58.6 Å². The van der Waals surface area contributed by atoms with Gasteiger partial charge in [0.05, 0.1) is 6.61 Å². The molecule has 5 nitrogen and oxygen atoms in total. The van der Waals surface area contributed by atoms with E-state index in [1.54, 1.807) is 12.0 Å². The van der Waals surface area contributed by atoms with Gasteiger partial charge in [-0.2, -0.15) is 0 Å². The Labute approximate surface area is 109 Å². The van der Waals surface area contributed by atoms with Gasteiger partial charge in [-0.05, 0) is 18.8 Å². The van der Waals surface area contributed by atoms with Gasteiger partial charge in [0.2, 0.25) is 11.8 Å². The Hall–Kier alpha value is -1.10. The lowest BCUT2D eigenvalue weighted by molar-refractivity contribution is -0.150. The Kier molecular flexibility index (Phi) is 5.59. The van der Waals surface area contributed by atoms with Crippen molar-refractivity contribution in [2.24, 2.45) is 5.92 Å². The quantitative estimate of drug-likeness (QED) is 0.764. The van der Waals surface area contributed by atoms with Crippen molar-refractivity contribution >= 4 is 11.8 Å². The molecular formula is C13H24N2O3. The van der Waals surface area contributed by atoms with E-state index in [2.05, 4.69) is 5.32 Å². The van der Waals surface area contributed by atoms with Crippen LogP contribution in [0.4, 0.5) is 0 Å². The highest BCUT2D eigenvalue weighted by Crippen LogP contribution is 2.16. The number of amides is 2. The number of nitrogens with one attached hydrogen (secondary N) is 1. The molecule has 0 aromatic heterocycles. The van der Waals surface area contributed by atoms with Crippen LogP contribution in [0.1, 0.15) is 33.6 Å². The van der Waals surface area contributed by atoms with Crippen molar-refractivity contribution < 1.29 is 14.3 Å². The van der Waals surface area contributed by atoms with E-state index < -0.39 is 0 Å². The largest absolute Gasteiger partial charge is 0.384 e. The van der Waals surface area contributed by atoms with Crippen molar-refractivity contribution in [1.82, 2.24) is 10.2 Å². The van der Waals surface area contributed by atoms with Crippen molar-refractivity contribution in [2.75, 3.05) is 20.3 Å². The molecule has 1 fully saturated rings. The van der Waals surface area contributed by atoms with Gasteiger partial charge in [-0.15, -0.1) is 0 Å². The Bertz CT molecular complexity index is 307. The molecule has 0 aromatic rings. The van der Waals surface area contributed by atoms with Crippen LogP contribution in [0.3, 0.4) is 0 Å². The first-order chi connectivity index (χ1) is 8.54. The molecule has 3 unspecified atom stereocenters. The Morgan fingerprint density at radius 2 is 2.00 bits per heavy atom. The third-order valence-electron chi connectivity index (χ3n) is 3.33. The maximum atomic E-state index is 12.3. The fourth-order valence-electron chi connectivity index (χ4n) is 2.40. The van der Waals surface area contributed by atoms with Gasteiger partial charge in [0.1, 0.15) is 12.1 Å². The molecule has 18 heavy (non-hydrogen) atoms. The van der Waals surface area contributed by atoms with E-state index in [0.29, 0.717) is 26.0 Å². The molecule has 1 heterocycles. The SMILES string of the molecule is CCC1NC(=O)C(CC)N(CC(C)COC)C1=O. The second-order valence-electron chi connectivity index (χ2n) is 4.94. The van der Waals surface area contributed by atoms with Crippen molar-refractivity contribution in [3.8, 4) is 0 Å². The first-order valence-corrected chi connectivity index (χ1v) is 6.64. The monoisotopic (exact) mass is 256 g/mol. The molecule has 0 radical (unpaired) electrons. The molecule has 104 valence electrons. The zero-order valence-corrected chi connectivity index (χ0v) is 11.7. The van der Waals surface area contributed by atoms with Crippen LogP contribution < -0.4 is 5.32 Å². The molecule has 0 bridgehead atoms. The molecule has 1 aliphatic rings. The minimum Gasteiger partial charge on any atom is -0.384 e. The van der Waals surface area contributed by atoms with E-state index in [-0.39, 0.29) is 29.8 Å².